The van der Waals surface area contributed by atoms with Gasteiger partial charge in [0.25, 0.3) is 5.91 Å². The van der Waals surface area contributed by atoms with Gasteiger partial charge >= 0.3 is 0 Å². The molecule has 6 rings (SSSR count). The van der Waals surface area contributed by atoms with E-state index in [0.29, 0.717) is 37.2 Å². The van der Waals surface area contributed by atoms with Crippen LogP contribution in [-0.4, -0.2) is 28.9 Å². The van der Waals surface area contributed by atoms with Gasteiger partial charge in [-0.2, -0.15) is 5.26 Å². The summed E-state index contributed by atoms with van der Waals surface area (Å²) < 4.78 is 14.5. The quantitative estimate of drug-likeness (QED) is 0.357. The molecule has 3 aromatic carbocycles. The van der Waals surface area contributed by atoms with E-state index in [1.54, 1.807) is 24.4 Å². The molecule has 0 saturated carbocycles. The molecular weight excluding hydrogens is 463 g/mol. The molecule has 0 atom stereocenters. The minimum absolute atomic E-state index is 0.167. The second-order valence-electron chi connectivity index (χ2n) is 10.1. The number of para-hydroxylation sites is 1. The number of fused-ring (bicyclic) bond motifs is 3. The smallest absolute Gasteiger partial charge is 0.259 e. The van der Waals surface area contributed by atoms with Crippen LogP contribution in [0.15, 0.2) is 72.9 Å². The first-order valence-corrected chi connectivity index (χ1v) is 12.7. The number of pyridine rings is 1. The number of hydrogen-bond donors (Lipinski definition) is 0. The summed E-state index contributed by atoms with van der Waals surface area (Å²) >= 11 is 0. The number of nitrogens with zero attached hydrogens (tertiary/aromatic N) is 4. The van der Waals surface area contributed by atoms with Crippen LogP contribution >= 0.6 is 0 Å². The Morgan fingerprint density at radius 2 is 1.76 bits per heavy atom. The highest BCUT2D eigenvalue weighted by molar-refractivity contribution is 6.14. The van der Waals surface area contributed by atoms with Crippen LogP contribution in [0.1, 0.15) is 45.6 Å². The Bertz CT molecular complexity index is 1570. The molecule has 1 aromatic heterocycles. The Labute approximate surface area is 215 Å². The number of likely N-dealkylation sites (tertiary alicyclic amines) is 1. The van der Waals surface area contributed by atoms with E-state index in [4.69, 9.17) is 0 Å². The minimum atomic E-state index is -0.571. The molecule has 0 N–H and O–H groups in total. The van der Waals surface area contributed by atoms with E-state index < -0.39 is 11.2 Å². The van der Waals surface area contributed by atoms with Gasteiger partial charge in [-0.25, -0.2) is 4.39 Å². The Morgan fingerprint density at radius 1 is 1.03 bits per heavy atom. The summed E-state index contributed by atoms with van der Waals surface area (Å²) in [6.45, 7) is 4.60. The number of nitriles is 1. The summed E-state index contributed by atoms with van der Waals surface area (Å²) in [6, 6.07) is 23.1. The lowest BCUT2D eigenvalue weighted by Crippen LogP contribution is -2.42. The van der Waals surface area contributed by atoms with Crippen LogP contribution in [0.5, 0.6) is 0 Å². The Morgan fingerprint density at radius 3 is 2.49 bits per heavy atom. The lowest BCUT2D eigenvalue weighted by Gasteiger charge is -2.37. The zero-order valence-corrected chi connectivity index (χ0v) is 20.7. The number of carbonyl (C=O) groups is 1. The monoisotopic (exact) mass is 490 g/mol. The highest BCUT2D eigenvalue weighted by Crippen LogP contribution is 2.38. The first kappa shape index (κ1) is 23.3. The number of benzene rings is 3. The second-order valence-corrected chi connectivity index (χ2v) is 10.1. The average Bonchev–Trinajstić information content (AvgIpc) is 3.25. The van der Waals surface area contributed by atoms with E-state index in [0.717, 1.165) is 46.2 Å². The fourth-order valence-electron chi connectivity index (χ4n) is 5.80. The molecule has 37 heavy (non-hydrogen) atoms. The SMILES string of the molecule is Cc1ccnc(C2(C#N)CCN(Cc3cc4c(c5ccccc35)CN(c3ccccc3F)C4=O)CC2)c1. The van der Waals surface area contributed by atoms with Crippen LogP contribution in [0.25, 0.3) is 10.8 Å². The molecule has 4 aromatic rings. The molecule has 0 unspecified atom stereocenters. The Kier molecular flexibility index (Phi) is 5.73. The maximum absolute atomic E-state index is 14.5. The van der Waals surface area contributed by atoms with Crippen LogP contribution in [-0.2, 0) is 18.5 Å². The van der Waals surface area contributed by atoms with Crippen molar-refractivity contribution in [1.82, 2.24) is 9.88 Å². The van der Waals surface area contributed by atoms with Crippen molar-refractivity contribution in [2.45, 2.75) is 38.3 Å². The summed E-state index contributed by atoms with van der Waals surface area (Å²) in [5.41, 5.74) is 4.37. The number of aryl methyl sites for hydroxylation is 1. The number of rotatable bonds is 4. The van der Waals surface area contributed by atoms with Gasteiger partial charge in [0.2, 0.25) is 0 Å². The molecule has 0 radical (unpaired) electrons. The van der Waals surface area contributed by atoms with Gasteiger partial charge in [0, 0.05) is 31.4 Å². The number of piperidine rings is 1. The third-order valence-corrected chi connectivity index (χ3v) is 7.90. The van der Waals surface area contributed by atoms with Gasteiger partial charge in [-0.15, -0.1) is 0 Å². The first-order valence-electron chi connectivity index (χ1n) is 12.7. The molecular formula is C31H27FN4O. The zero-order chi connectivity index (χ0) is 25.6. The van der Waals surface area contributed by atoms with Crippen LogP contribution in [0, 0.1) is 24.1 Å². The maximum atomic E-state index is 14.5. The van der Waals surface area contributed by atoms with E-state index in [9.17, 15) is 14.4 Å². The predicted octanol–water partition coefficient (Wildman–Crippen LogP) is 5.90. The van der Waals surface area contributed by atoms with Crippen molar-refractivity contribution < 1.29 is 9.18 Å². The first-order chi connectivity index (χ1) is 18.0. The number of anilines is 1. The summed E-state index contributed by atoms with van der Waals surface area (Å²) in [4.78, 5) is 21.9. The molecule has 1 amide bonds. The van der Waals surface area contributed by atoms with Crippen molar-refractivity contribution in [3.05, 3.63) is 107 Å². The zero-order valence-electron chi connectivity index (χ0n) is 20.7. The molecule has 3 heterocycles. The number of aromatic nitrogens is 1. The Hall–Kier alpha value is -4.08. The number of amides is 1. The van der Waals surface area contributed by atoms with E-state index in [-0.39, 0.29) is 5.91 Å². The standard InChI is InChI=1S/C31H27FN4O/c1-21-10-13-34-29(16-21)31(20-33)11-14-35(15-12-31)18-22-17-25-26(24-7-3-2-6-23(22)24)19-36(30(25)37)28-9-5-4-8-27(28)32/h2-10,13,16-17H,11-12,14-15,18-19H2,1H3. The fourth-order valence-corrected chi connectivity index (χ4v) is 5.80. The molecule has 5 nitrogen and oxygen atoms in total. The van der Waals surface area contributed by atoms with Gasteiger partial charge in [0.05, 0.1) is 24.0 Å². The van der Waals surface area contributed by atoms with Gasteiger partial charge in [-0.05, 0) is 77.6 Å². The van der Waals surface area contributed by atoms with Gasteiger partial charge in [-0.1, -0.05) is 36.4 Å². The highest BCUT2D eigenvalue weighted by Gasteiger charge is 2.38. The number of carbonyl (C=O) groups excluding carboxylic acids is 1. The van der Waals surface area contributed by atoms with E-state index in [1.807, 2.05) is 37.3 Å². The third kappa shape index (κ3) is 3.96. The third-order valence-electron chi connectivity index (χ3n) is 7.90. The largest absolute Gasteiger partial charge is 0.301 e. The normalized spacial score (nSPS) is 17.1. The lowest BCUT2D eigenvalue weighted by molar-refractivity contribution is 0.0995. The molecule has 0 aliphatic carbocycles. The van der Waals surface area contributed by atoms with Crippen molar-refractivity contribution in [3.63, 3.8) is 0 Å². The summed E-state index contributed by atoms with van der Waals surface area (Å²) in [7, 11) is 0. The molecule has 2 aliphatic heterocycles. The fraction of sp³-hybridized carbons (Fsp3) is 0.258. The molecule has 0 bridgehead atoms. The Balaban J connectivity index is 1.29. The van der Waals surface area contributed by atoms with Gasteiger partial charge < -0.3 is 4.90 Å². The van der Waals surface area contributed by atoms with Gasteiger partial charge in [0.1, 0.15) is 11.2 Å². The number of halogens is 1. The second kappa shape index (κ2) is 9.10. The van der Waals surface area contributed by atoms with Crippen molar-refractivity contribution >= 4 is 22.4 Å². The molecule has 0 spiro atoms. The van der Waals surface area contributed by atoms with Crippen molar-refractivity contribution in [2.24, 2.45) is 0 Å². The van der Waals surface area contributed by atoms with E-state index >= 15 is 0 Å². The van der Waals surface area contributed by atoms with E-state index in [2.05, 4.69) is 28.1 Å². The van der Waals surface area contributed by atoms with E-state index in [1.165, 1.54) is 11.0 Å². The summed E-state index contributed by atoms with van der Waals surface area (Å²) in [6.07, 6.45) is 3.21. The number of hydrogen-bond acceptors (Lipinski definition) is 4. The topological polar surface area (TPSA) is 60.2 Å². The van der Waals surface area contributed by atoms with Gasteiger partial charge in [0.15, 0.2) is 0 Å². The molecule has 6 heteroatoms. The lowest BCUT2D eigenvalue weighted by atomic mass is 9.76. The van der Waals surface area contributed by atoms with Crippen LogP contribution in [0.2, 0.25) is 0 Å². The summed E-state index contributed by atoms with van der Waals surface area (Å²) in [5, 5.41) is 12.2. The average molecular weight is 491 g/mol. The molecule has 1 fully saturated rings. The molecule has 184 valence electrons. The maximum Gasteiger partial charge on any atom is 0.259 e. The predicted molar refractivity (Wildman–Crippen MR) is 142 cm³/mol. The molecule has 2 aliphatic rings. The van der Waals surface area contributed by atoms with Crippen molar-refractivity contribution in [3.8, 4) is 6.07 Å². The van der Waals surface area contributed by atoms with Crippen molar-refractivity contribution in [2.75, 3.05) is 18.0 Å². The summed E-state index contributed by atoms with van der Waals surface area (Å²) in [5.74, 6) is -0.564. The van der Waals surface area contributed by atoms with Gasteiger partial charge in [-0.3, -0.25) is 14.7 Å². The highest BCUT2D eigenvalue weighted by atomic mass is 19.1. The van der Waals surface area contributed by atoms with Crippen LogP contribution in [0.3, 0.4) is 0 Å². The molecule has 1 saturated heterocycles. The van der Waals surface area contributed by atoms with Crippen molar-refractivity contribution in [1.29, 1.82) is 5.26 Å². The minimum Gasteiger partial charge on any atom is -0.301 e. The van der Waals surface area contributed by atoms with Crippen LogP contribution in [0.4, 0.5) is 10.1 Å². The van der Waals surface area contributed by atoms with Crippen LogP contribution < -0.4 is 4.90 Å².